The van der Waals surface area contributed by atoms with E-state index in [0.29, 0.717) is 5.78 Å². The molecular weight excluding hydrogens is 246 g/mol. The zero-order chi connectivity index (χ0) is 13.8. The summed E-state index contributed by atoms with van der Waals surface area (Å²) in [5, 5.41) is 4.15. The van der Waals surface area contributed by atoms with Crippen molar-refractivity contribution < 1.29 is 9.53 Å². The summed E-state index contributed by atoms with van der Waals surface area (Å²) in [6.07, 6.45) is 2.36. The third-order valence-electron chi connectivity index (χ3n) is 2.73. The Bertz CT molecular complexity index is 581. The summed E-state index contributed by atoms with van der Waals surface area (Å²) in [6, 6.07) is 1.89. The van der Waals surface area contributed by atoms with Gasteiger partial charge in [0.15, 0.2) is 0 Å². The molecule has 0 aliphatic rings. The smallest absolute Gasteiger partial charge is 0.325 e. The van der Waals surface area contributed by atoms with Gasteiger partial charge in [-0.2, -0.15) is 14.6 Å². The highest BCUT2D eigenvalue weighted by Gasteiger charge is 2.16. The Balaban J connectivity index is 2.42. The van der Waals surface area contributed by atoms with Crippen molar-refractivity contribution in [3.05, 3.63) is 18.1 Å². The molecule has 2 aromatic rings. The lowest BCUT2D eigenvalue weighted by Gasteiger charge is -2.23. The molecule has 2 heterocycles. The van der Waals surface area contributed by atoms with Crippen LogP contribution in [0.2, 0.25) is 0 Å². The number of carbonyl (C=O) groups excluding carboxylic acids is 1. The molecule has 0 N–H and O–H groups in total. The second-order valence-electron chi connectivity index (χ2n) is 4.23. The van der Waals surface area contributed by atoms with Crippen LogP contribution in [0.25, 0.3) is 5.78 Å². The van der Waals surface area contributed by atoms with Gasteiger partial charge in [-0.1, -0.05) is 6.92 Å². The molecule has 2 aromatic heterocycles. The second kappa shape index (κ2) is 5.64. The quantitative estimate of drug-likeness (QED) is 0.744. The number of methoxy groups -OCH3 is 1. The Morgan fingerprint density at radius 1 is 1.53 bits per heavy atom. The molecule has 0 aliphatic heterocycles. The summed E-state index contributed by atoms with van der Waals surface area (Å²) >= 11 is 0. The van der Waals surface area contributed by atoms with Gasteiger partial charge in [0.2, 0.25) is 0 Å². The number of fused-ring (bicyclic) bond motifs is 1. The van der Waals surface area contributed by atoms with Gasteiger partial charge < -0.3 is 9.64 Å². The highest BCUT2D eigenvalue weighted by molar-refractivity contribution is 5.75. The van der Waals surface area contributed by atoms with Gasteiger partial charge in [-0.15, -0.1) is 0 Å². The minimum atomic E-state index is -0.281. The average Bonchev–Trinajstić information content (AvgIpc) is 2.85. The van der Waals surface area contributed by atoms with Gasteiger partial charge in [0.1, 0.15) is 18.7 Å². The maximum Gasteiger partial charge on any atom is 0.325 e. The van der Waals surface area contributed by atoms with Crippen molar-refractivity contribution in [3.63, 3.8) is 0 Å². The van der Waals surface area contributed by atoms with Crippen LogP contribution in [0.1, 0.15) is 19.0 Å². The van der Waals surface area contributed by atoms with Crippen LogP contribution in [-0.2, 0) is 9.53 Å². The number of anilines is 1. The number of hydrogen-bond acceptors (Lipinski definition) is 6. The molecule has 7 heteroatoms. The van der Waals surface area contributed by atoms with E-state index in [-0.39, 0.29) is 12.5 Å². The Kier molecular flexibility index (Phi) is 3.94. The predicted molar refractivity (Wildman–Crippen MR) is 70.0 cm³/mol. The molecule has 2 rings (SSSR count). The standard InChI is InChI=1S/C12H17N5O2/c1-4-5-16(7-11(18)19-3)10-6-9(2)15-12-13-8-14-17(10)12/h6,8H,4-5,7H2,1-3H3. The highest BCUT2D eigenvalue weighted by atomic mass is 16.5. The lowest BCUT2D eigenvalue weighted by atomic mass is 10.3. The Labute approximate surface area is 111 Å². The predicted octanol–water partition coefficient (Wildman–Crippen LogP) is 0.822. The number of aryl methyl sites for hydroxylation is 1. The molecule has 7 nitrogen and oxygen atoms in total. The van der Waals surface area contributed by atoms with Crippen molar-refractivity contribution in [1.29, 1.82) is 0 Å². The van der Waals surface area contributed by atoms with Crippen molar-refractivity contribution in [3.8, 4) is 0 Å². The molecule has 0 radical (unpaired) electrons. The first kappa shape index (κ1) is 13.3. The van der Waals surface area contributed by atoms with E-state index in [9.17, 15) is 4.79 Å². The normalized spacial score (nSPS) is 10.7. The number of esters is 1. The zero-order valence-electron chi connectivity index (χ0n) is 11.3. The average molecular weight is 263 g/mol. The van der Waals surface area contributed by atoms with E-state index in [2.05, 4.69) is 22.0 Å². The van der Waals surface area contributed by atoms with Gasteiger partial charge in [-0.25, -0.2) is 4.98 Å². The van der Waals surface area contributed by atoms with E-state index in [1.165, 1.54) is 13.4 Å². The molecule has 0 aromatic carbocycles. The first-order valence-electron chi connectivity index (χ1n) is 6.15. The summed E-state index contributed by atoms with van der Waals surface area (Å²) < 4.78 is 6.36. The molecule has 0 saturated carbocycles. The maximum absolute atomic E-state index is 11.5. The van der Waals surface area contributed by atoms with Crippen molar-refractivity contribution in [2.24, 2.45) is 0 Å². The van der Waals surface area contributed by atoms with E-state index >= 15 is 0 Å². The van der Waals surface area contributed by atoms with Gasteiger partial charge in [-0.05, 0) is 13.3 Å². The summed E-state index contributed by atoms with van der Waals surface area (Å²) in [5.74, 6) is 1.05. The summed E-state index contributed by atoms with van der Waals surface area (Å²) in [7, 11) is 1.38. The first-order valence-corrected chi connectivity index (χ1v) is 6.15. The van der Waals surface area contributed by atoms with Crippen molar-refractivity contribution in [1.82, 2.24) is 19.6 Å². The third kappa shape index (κ3) is 2.81. The highest BCUT2D eigenvalue weighted by Crippen LogP contribution is 2.16. The lowest BCUT2D eigenvalue weighted by Crippen LogP contribution is -2.33. The zero-order valence-corrected chi connectivity index (χ0v) is 11.3. The molecule has 19 heavy (non-hydrogen) atoms. The molecule has 0 bridgehead atoms. The van der Waals surface area contributed by atoms with E-state index in [0.717, 1.165) is 24.5 Å². The maximum atomic E-state index is 11.5. The van der Waals surface area contributed by atoms with Crippen LogP contribution in [0, 0.1) is 6.92 Å². The molecule has 0 aliphatic carbocycles. The van der Waals surface area contributed by atoms with Gasteiger partial charge >= 0.3 is 5.97 Å². The Morgan fingerprint density at radius 2 is 2.32 bits per heavy atom. The van der Waals surface area contributed by atoms with Crippen LogP contribution in [-0.4, -0.2) is 45.8 Å². The van der Waals surface area contributed by atoms with Crippen LogP contribution in [0.3, 0.4) is 0 Å². The number of rotatable bonds is 5. The fraction of sp³-hybridized carbons (Fsp3) is 0.500. The SMILES string of the molecule is CCCN(CC(=O)OC)c1cc(C)nc2ncnn12. The van der Waals surface area contributed by atoms with Gasteiger partial charge in [-0.3, -0.25) is 4.79 Å². The minimum Gasteiger partial charge on any atom is -0.468 e. The largest absolute Gasteiger partial charge is 0.468 e. The monoisotopic (exact) mass is 263 g/mol. The van der Waals surface area contributed by atoms with Crippen LogP contribution in [0.4, 0.5) is 5.82 Å². The first-order chi connectivity index (χ1) is 9.15. The fourth-order valence-corrected chi connectivity index (χ4v) is 1.90. The number of ether oxygens (including phenoxy) is 1. The topological polar surface area (TPSA) is 72.6 Å². The molecule has 102 valence electrons. The molecule has 0 unspecified atom stereocenters. The molecule has 0 atom stereocenters. The number of hydrogen-bond donors (Lipinski definition) is 0. The van der Waals surface area contributed by atoms with Crippen molar-refractivity contribution >= 4 is 17.6 Å². The molecule has 0 amide bonds. The van der Waals surface area contributed by atoms with Crippen LogP contribution in [0.15, 0.2) is 12.4 Å². The molecule has 0 spiro atoms. The van der Waals surface area contributed by atoms with Crippen molar-refractivity contribution in [2.75, 3.05) is 25.1 Å². The van der Waals surface area contributed by atoms with E-state index < -0.39 is 0 Å². The molecular formula is C12H17N5O2. The Morgan fingerprint density at radius 3 is 3.00 bits per heavy atom. The van der Waals surface area contributed by atoms with E-state index in [1.54, 1.807) is 4.52 Å². The number of aromatic nitrogens is 4. The minimum absolute atomic E-state index is 0.183. The Hall–Kier alpha value is -2.18. The van der Waals surface area contributed by atoms with Crippen molar-refractivity contribution in [2.45, 2.75) is 20.3 Å². The summed E-state index contributed by atoms with van der Waals surface area (Å²) in [4.78, 5) is 21.8. The van der Waals surface area contributed by atoms with Gasteiger partial charge in [0, 0.05) is 18.3 Å². The van der Waals surface area contributed by atoms with Gasteiger partial charge in [0.25, 0.3) is 5.78 Å². The van der Waals surface area contributed by atoms with E-state index in [4.69, 9.17) is 4.74 Å². The summed E-state index contributed by atoms with van der Waals surface area (Å²) in [5.41, 5.74) is 0.835. The lowest BCUT2D eigenvalue weighted by molar-refractivity contribution is -0.138. The van der Waals surface area contributed by atoms with Gasteiger partial charge in [0.05, 0.1) is 7.11 Å². The van der Waals surface area contributed by atoms with E-state index in [1.807, 2.05) is 17.9 Å². The number of nitrogens with zero attached hydrogens (tertiary/aromatic N) is 5. The fourth-order valence-electron chi connectivity index (χ4n) is 1.90. The second-order valence-corrected chi connectivity index (χ2v) is 4.23. The third-order valence-corrected chi connectivity index (χ3v) is 2.73. The van der Waals surface area contributed by atoms with Crippen LogP contribution >= 0.6 is 0 Å². The van der Waals surface area contributed by atoms with Crippen LogP contribution in [0.5, 0.6) is 0 Å². The van der Waals surface area contributed by atoms with Crippen LogP contribution < -0.4 is 4.90 Å². The molecule has 0 fully saturated rings. The number of carbonyl (C=O) groups is 1. The molecule has 0 saturated heterocycles. The summed E-state index contributed by atoms with van der Waals surface area (Å²) in [6.45, 7) is 4.85.